The number of rotatable bonds is 5. The standard InChI is InChI=1S/C19H22FNO3S/c1-12-9-17(25-11-12)18(15-10-14(20)3-4-16(15)24-2)21-7-5-13(6-8-21)19(22)23/h3-4,9-11,13,18H,5-8H2,1-2H3,(H,22,23). The molecule has 1 unspecified atom stereocenters. The van der Waals surface area contributed by atoms with Gasteiger partial charge in [0.15, 0.2) is 0 Å². The number of piperidine rings is 1. The number of hydrogen-bond donors (Lipinski definition) is 1. The topological polar surface area (TPSA) is 49.8 Å². The van der Waals surface area contributed by atoms with Crippen LogP contribution in [0.2, 0.25) is 0 Å². The molecule has 1 atom stereocenters. The highest BCUT2D eigenvalue weighted by atomic mass is 32.1. The summed E-state index contributed by atoms with van der Waals surface area (Å²) in [7, 11) is 1.59. The van der Waals surface area contributed by atoms with Crippen molar-refractivity contribution in [1.29, 1.82) is 0 Å². The summed E-state index contributed by atoms with van der Waals surface area (Å²) in [6.45, 7) is 3.37. The Labute approximate surface area is 150 Å². The summed E-state index contributed by atoms with van der Waals surface area (Å²) in [5.74, 6) is -0.671. The molecule has 134 valence electrons. The lowest BCUT2D eigenvalue weighted by molar-refractivity contribution is -0.143. The molecule has 1 aromatic heterocycles. The number of aryl methyl sites for hydroxylation is 1. The molecule has 1 N–H and O–H groups in total. The Morgan fingerprint density at radius 2 is 2.08 bits per heavy atom. The Hall–Kier alpha value is -1.92. The molecule has 0 aliphatic carbocycles. The van der Waals surface area contributed by atoms with Gasteiger partial charge in [0.25, 0.3) is 0 Å². The minimum atomic E-state index is -0.730. The van der Waals surface area contributed by atoms with Gasteiger partial charge >= 0.3 is 5.97 Å². The smallest absolute Gasteiger partial charge is 0.306 e. The number of carboxylic acid groups (broad SMARTS) is 1. The van der Waals surface area contributed by atoms with Crippen molar-refractivity contribution in [1.82, 2.24) is 4.90 Å². The van der Waals surface area contributed by atoms with Crippen molar-refractivity contribution in [3.63, 3.8) is 0 Å². The Morgan fingerprint density at radius 3 is 2.64 bits per heavy atom. The minimum Gasteiger partial charge on any atom is -0.496 e. The van der Waals surface area contributed by atoms with E-state index in [1.54, 1.807) is 24.5 Å². The lowest BCUT2D eigenvalue weighted by Crippen LogP contribution is -2.39. The molecular weight excluding hydrogens is 341 g/mol. The number of carboxylic acids is 1. The average molecular weight is 363 g/mol. The maximum atomic E-state index is 14.0. The van der Waals surface area contributed by atoms with E-state index in [0.29, 0.717) is 31.7 Å². The summed E-state index contributed by atoms with van der Waals surface area (Å²) in [6.07, 6.45) is 1.21. The first-order valence-electron chi connectivity index (χ1n) is 8.35. The Balaban J connectivity index is 1.97. The largest absolute Gasteiger partial charge is 0.496 e. The quantitative estimate of drug-likeness (QED) is 0.869. The summed E-state index contributed by atoms with van der Waals surface area (Å²) >= 11 is 1.64. The number of benzene rings is 1. The van der Waals surface area contributed by atoms with E-state index in [9.17, 15) is 14.3 Å². The monoisotopic (exact) mass is 363 g/mol. The van der Waals surface area contributed by atoms with E-state index in [4.69, 9.17) is 4.74 Å². The number of aliphatic carboxylic acids is 1. The summed E-state index contributed by atoms with van der Waals surface area (Å²) in [5, 5.41) is 11.3. The zero-order valence-electron chi connectivity index (χ0n) is 14.4. The molecule has 0 spiro atoms. The normalized spacial score (nSPS) is 17.4. The van der Waals surface area contributed by atoms with Gasteiger partial charge in [0.2, 0.25) is 0 Å². The van der Waals surface area contributed by atoms with Gasteiger partial charge in [-0.3, -0.25) is 9.69 Å². The zero-order valence-corrected chi connectivity index (χ0v) is 15.2. The molecule has 1 aliphatic rings. The van der Waals surface area contributed by atoms with Crippen LogP contribution in [0, 0.1) is 18.7 Å². The molecule has 3 rings (SSSR count). The Bertz CT molecular complexity index is 753. The van der Waals surface area contributed by atoms with Crippen molar-refractivity contribution in [3.8, 4) is 5.75 Å². The minimum absolute atomic E-state index is 0.126. The van der Waals surface area contributed by atoms with E-state index < -0.39 is 5.97 Å². The molecule has 0 saturated carbocycles. The predicted molar refractivity (Wildman–Crippen MR) is 95.8 cm³/mol. The Kier molecular flexibility index (Phi) is 5.39. The number of ether oxygens (including phenoxy) is 1. The van der Waals surface area contributed by atoms with E-state index >= 15 is 0 Å². The van der Waals surface area contributed by atoms with Crippen molar-refractivity contribution in [3.05, 3.63) is 51.5 Å². The second kappa shape index (κ2) is 7.54. The van der Waals surface area contributed by atoms with Crippen LogP contribution in [-0.4, -0.2) is 36.2 Å². The van der Waals surface area contributed by atoms with Gasteiger partial charge in [0.1, 0.15) is 11.6 Å². The van der Waals surface area contributed by atoms with Gasteiger partial charge in [-0.15, -0.1) is 11.3 Å². The van der Waals surface area contributed by atoms with Crippen molar-refractivity contribution in [2.75, 3.05) is 20.2 Å². The van der Waals surface area contributed by atoms with Crippen LogP contribution in [0.5, 0.6) is 5.75 Å². The Morgan fingerprint density at radius 1 is 1.36 bits per heavy atom. The van der Waals surface area contributed by atoms with Crippen molar-refractivity contribution in [2.45, 2.75) is 25.8 Å². The van der Waals surface area contributed by atoms with E-state index in [1.165, 1.54) is 17.7 Å². The van der Waals surface area contributed by atoms with Gasteiger partial charge in [-0.2, -0.15) is 0 Å². The number of thiophene rings is 1. The van der Waals surface area contributed by atoms with Crippen LogP contribution in [0.25, 0.3) is 0 Å². The van der Waals surface area contributed by atoms with Crippen LogP contribution in [0.3, 0.4) is 0 Å². The highest BCUT2D eigenvalue weighted by Crippen LogP contribution is 2.39. The lowest BCUT2D eigenvalue weighted by atomic mass is 9.93. The molecule has 25 heavy (non-hydrogen) atoms. The van der Waals surface area contributed by atoms with E-state index in [0.717, 1.165) is 10.4 Å². The average Bonchev–Trinajstić information content (AvgIpc) is 3.02. The van der Waals surface area contributed by atoms with Gasteiger partial charge in [-0.05, 0) is 68.1 Å². The number of hydrogen-bond acceptors (Lipinski definition) is 4. The second-order valence-electron chi connectivity index (χ2n) is 6.46. The molecule has 6 heteroatoms. The van der Waals surface area contributed by atoms with Crippen LogP contribution in [0.4, 0.5) is 4.39 Å². The molecule has 1 aromatic carbocycles. The molecule has 1 fully saturated rings. The van der Waals surface area contributed by atoms with Crippen LogP contribution in [0.15, 0.2) is 29.6 Å². The van der Waals surface area contributed by atoms with Gasteiger partial charge in [0, 0.05) is 10.4 Å². The molecular formula is C19H22FNO3S. The summed E-state index contributed by atoms with van der Waals surface area (Å²) in [4.78, 5) is 14.6. The van der Waals surface area contributed by atoms with E-state index in [-0.39, 0.29) is 17.8 Å². The second-order valence-corrected chi connectivity index (χ2v) is 7.41. The molecule has 2 aromatic rings. The SMILES string of the molecule is COc1ccc(F)cc1C(c1cc(C)cs1)N1CCC(C(=O)O)CC1. The number of halogens is 1. The third-order valence-corrected chi connectivity index (χ3v) is 5.85. The van der Waals surface area contributed by atoms with Gasteiger partial charge in [-0.1, -0.05) is 0 Å². The molecule has 0 radical (unpaired) electrons. The summed E-state index contributed by atoms with van der Waals surface area (Å²) < 4.78 is 19.4. The first-order chi connectivity index (χ1) is 12.0. The fourth-order valence-corrected chi connectivity index (χ4v) is 4.50. The van der Waals surface area contributed by atoms with Crippen LogP contribution < -0.4 is 4.74 Å². The molecule has 1 saturated heterocycles. The maximum Gasteiger partial charge on any atom is 0.306 e. The number of methoxy groups -OCH3 is 1. The van der Waals surface area contributed by atoms with Crippen LogP contribution >= 0.6 is 11.3 Å². The number of likely N-dealkylation sites (tertiary alicyclic amines) is 1. The highest BCUT2D eigenvalue weighted by Gasteiger charge is 2.32. The highest BCUT2D eigenvalue weighted by molar-refractivity contribution is 7.10. The van der Waals surface area contributed by atoms with E-state index in [2.05, 4.69) is 16.3 Å². The zero-order chi connectivity index (χ0) is 18.0. The fraction of sp³-hybridized carbons (Fsp3) is 0.421. The predicted octanol–water partition coefficient (Wildman–Crippen LogP) is 4.09. The van der Waals surface area contributed by atoms with Crippen LogP contribution in [0.1, 0.15) is 34.9 Å². The number of nitrogens with zero attached hydrogens (tertiary/aromatic N) is 1. The van der Waals surface area contributed by atoms with Crippen molar-refractivity contribution < 1.29 is 19.0 Å². The lowest BCUT2D eigenvalue weighted by Gasteiger charge is -2.36. The first-order valence-corrected chi connectivity index (χ1v) is 9.23. The van der Waals surface area contributed by atoms with Gasteiger partial charge in [-0.25, -0.2) is 4.39 Å². The molecule has 0 bridgehead atoms. The van der Waals surface area contributed by atoms with Gasteiger partial charge < -0.3 is 9.84 Å². The van der Waals surface area contributed by atoms with E-state index in [1.807, 2.05) is 6.92 Å². The summed E-state index contributed by atoms with van der Waals surface area (Å²) in [5.41, 5.74) is 1.96. The first kappa shape index (κ1) is 17.9. The maximum absolute atomic E-state index is 14.0. The summed E-state index contributed by atoms with van der Waals surface area (Å²) in [6, 6.07) is 6.57. The molecule has 1 aliphatic heterocycles. The molecule has 0 amide bonds. The van der Waals surface area contributed by atoms with Crippen molar-refractivity contribution in [2.24, 2.45) is 5.92 Å². The molecule has 2 heterocycles. The van der Waals surface area contributed by atoms with Crippen LogP contribution in [-0.2, 0) is 4.79 Å². The fourth-order valence-electron chi connectivity index (χ4n) is 3.45. The third kappa shape index (κ3) is 3.85. The third-order valence-electron chi connectivity index (χ3n) is 4.75. The molecule has 4 nitrogen and oxygen atoms in total. The number of carbonyl (C=O) groups is 1. The van der Waals surface area contributed by atoms with Crippen molar-refractivity contribution >= 4 is 17.3 Å². The van der Waals surface area contributed by atoms with Gasteiger partial charge in [0.05, 0.1) is 19.1 Å².